The van der Waals surface area contributed by atoms with Crippen molar-refractivity contribution in [1.29, 1.82) is 0 Å². The smallest absolute Gasteiger partial charge is 0.350 e. The van der Waals surface area contributed by atoms with Crippen molar-refractivity contribution in [2.75, 3.05) is 14.2 Å². The Balaban J connectivity index is 1.70. The summed E-state index contributed by atoms with van der Waals surface area (Å²) in [4.78, 5) is 20.1. The standard InChI is InChI=1S/C22H22N4O3S/c1-13-5-7-16(8-6-13)19-14(2)25-26-20(19)23-21(24-22(26)27)30-12-15-9-17(28-3)11-18(10-15)29-4/h5-11H,12H2,1-4H3,(H,23,24,27). The molecule has 0 saturated carbocycles. The Labute approximate surface area is 178 Å². The van der Waals surface area contributed by atoms with E-state index in [4.69, 9.17) is 14.5 Å². The number of aryl methyl sites for hydroxylation is 2. The molecule has 0 amide bonds. The van der Waals surface area contributed by atoms with Crippen LogP contribution >= 0.6 is 11.8 Å². The van der Waals surface area contributed by atoms with Gasteiger partial charge in [0.2, 0.25) is 0 Å². The third kappa shape index (κ3) is 3.91. The van der Waals surface area contributed by atoms with E-state index >= 15 is 0 Å². The maximum Gasteiger partial charge on any atom is 0.350 e. The number of aromatic nitrogens is 4. The highest BCUT2D eigenvalue weighted by Crippen LogP contribution is 2.29. The number of nitrogens with one attached hydrogen (secondary N) is 1. The lowest BCUT2D eigenvalue weighted by Crippen LogP contribution is -2.19. The second kappa shape index (κ2) is 8.23. The molecule has 7 nitrogen and oxygen atoms in total. The van der Waals surface area contributed by atoms with Crippen LogP contribution in [0.2, 0.25) is 0 Å². The molecule has 2 aromatic heterocycles. The highest BCUT2D eigenvalue weighted by molar-refractivity contribution is 7.98. The molecular weight excluding hydrogens is 400 g/mol. The lowest BCUT2D eigenvalue weighted by molar-refractivity contribution is 0.393. The minimum absolute atomic E-state index is 0.313. The van der Waals surface area contributed by atoms with Crippen LogP contribution in [0, 0.1) is 13.8 Å². The van der Waals surface area contributed by atoms with Gasteiger partial charge in [0.1, 0.15) is 11.5 Å². The van der Waals surface area contributed by atoms with Gasteiger partial charge < -0.3 is 9.47 Å². The minimum Gasteiger partial charge on any atom is -0.497 e. The largest absolute Gasteiger partial charge is 0.497 e. The van der Waals surface area contributed by atoms with Crippen LogP contribution in [0.3, 0.4) is 0 Å². The first-order valence-corrected chi connectivity index (χ1v) is 10.4. The van der Waals surface area contributed by atoms with E-state index in [1.54, 1.807) is 14.2 Å². The van der Waals surface area contributed by atoms with Gasteiger partial charge in [-0.05, 0) is 37.1 Å². The van der Waals surface area contributed by atoms with Crippen LogP contribution in [0.15, 0.2) is 52.4 Å². The maximum atomic E-state index is 12.6. The fraction of sp³-hybridized carbons (Fsp3) is 0.227. The van der Waals surface area contributed by atoms with Crippen molar-refractivity contribution in [2.24, 2.45) is 0 Å². The predicted molar refractivity (Wildman–Crippen MR) is 118 cm³/mol. The molecule has 4 aromatic rings. The van der Waals surface area contributed by atoms with E-state index in [1.165, 1.54) is 21.8 Å². The van der Waals surface area contributed by atoms with Crippen LogP contribution in [0.4, 0.5) is 0 Å². The number of fused-ring (bicyclic) bond motifs is 1. The summed E-state index contributed by atoms with van der Waals surface area (Å²) < 4.78 is 12.0. The minimum atomic E-state index is -0.313. The fourth-order valence-corrected chi connectivity index (χ4v) is 4.04. The van der Waals surface area contributed by atoms with Crippen molar-refractivity contribution in [2.45, 2.75) is 24.8 Å². The zero-order chi connectivity index (χ0) is 21.3. The third-order valence-electron chi connectivity index (χ3n) is 4.78. The normalized spacial score (nSPS) is 11.1. The SMILES string of the molecule is COc1cc(CSc2nc3c(-c4ccc(C)cc4)c(C)nn3c(=O)[nH]2)cc(OC)c1. The van der Waals surface area contributed by atoms with Gasteiger partial charge in [0.05, 0.1) is 19.9 Å². The molecule has 2 aromatic carbocycles. The second-order valence-corrected chi connectivity index (χ2v) is 7.88. The highest BCUT2D eigenvalue weighted by atomic mass is 32.2. The highest BCUT2D eigenvalue weighted by Gasteiger charge is 2.16. The lowest BCUT2D eigenvalue weighted by atomic mass is 10.0. The predicted octanol–water partition coefficient (Wildman–Crippen LogP) is 4.01. The maximum absolute atomic E-state index is 12.6. The van der Waals surface area contributed by atoms with Gasteiger partial charge in [-0.25, -0.2) is 9.78 Å². The molecule has 1 N–H and O–H groups in total. The number of rotatable bonds is 6. The zero-order valence-electron chi connectivity index (χ0n) is 17.2. The number of benzene rings is 2. The molecule has 154 valence electrons. The Kier molecular flexibility index (Phi) is 5.50. The second-order valence-electron chi connectivity index (χ2n) is 6.92. The molecule has 0 radical (unpaired) electrons. The molecule has 0 aliphatic carbocycles. The average molecular weight is 423 g/mol. The van der Waals surface area contributed by atoms with Crippen LogP contribution in [0.1, 0.15) is 16.8 Å². The van der Waals surface area contributed by atoms with E-state index in [0.717, 1.165) is 33.9 Å². The first-order chi connectivity index (χ1) is 14.5. The van der Waals surface area contributed by atoms with Gasteiger partial charge in [0, 0.05) is 17.4 Å². The van der Waals surface area contributed by atoms with E-state index in [1.807, 2.05) is 56.3 Å². The monoisotopic (exact) mass is 422 g/mol. The summed E-state index contributed by atoms with van der Waals surface area (Å²) in [6.07, 6.45) is 0. The Morgan fingerprint density at radius 3 is 2.33 bits per heavy atom. The Bertz CT molecular complexity index is 1240. The fourth-order valence-electron chi connectivity index (χ4n) is 3.26. The Hall–Kier alpha value is -3.26. The van der Waals surface area contributed by atoms with E-state index < -0.39 is 0 Å². The van der Waals surface area contributed by atoms with Gasteiger partial charge in [-0.2, -0.15) is 9.61 Å². The summed E-state index contributed by atoms with van der Waals surface area (Å²) >= 11 is 1.44. The Morgan fingerprint density at radius 1 is 1.03 bits per heavy atom. The topological polar surface area (TPSA) is 81.5 Å². The van der Waals surface area contributed by atoms with Crippen molar-refractivity contribution >= 4 is 17.4 Å². The summed E-state index contributed by atoms with van der Waals surface area (Å²) in [5.74, 6) is 2.03. The van der Waals surface area contributed by atoms with E-state index in [2.05, 4.69) is 10.1 Å². The molecule has 0 saturated heterocycles. The summed E-state index contributed by atoms with van der Waals surface area (Å²) in [5, 5.41) is 4.91. The number of ether oxygens (including phenoxy) is 2. The average Bonchev–Trinajstić information content (AvgIpc) is 3.09. The zero-order valence-corrected chi connectivity index (χ0v) is 18.0. The molecule has 2 heterocycles. The van der Waals surface area contributed by atoms with Crippen LogP contribution in [-0.4, -0.2) is 33.8 Å². The number of nitrogens with zero attached hydrogens (tertiary/aromatic N) is 3. The number of methoxy groups -OCH3 is 2. The van der Waals surface area contributed by atoms with Crippen LogP contribution in [-0.2, 0) is 5.75 Å². The Morgan fingerprint density at radius 2 is 1.70 bits per heavy atom. The van der Waals surface area contributed by atoms with Gasteiger partial charge in [0.15, 0.2) is 10.8 Å². The van der Waals surface area contributed by atoms with Crippen molar-refractivity contribution in [3.05, 3.63) is 69.8 Å². The quantitative estimate of drug-likeness (QED) is 0.473. The van der Waals surface area contributed by atoms with Gasteiger partial charge in [-0.1, -0.05) is 41.6 Å². The number of aromatic amines is 1. The van der Waals surface area contributed by atoms with Gasteiger partial charge >= 0.3 is 5.69 Å². The summed E-state index contributed by atoms with van der Waals surface area (Å²) in [7, 11) is 3.24. The molecule has 0 aliphatic heterocycles. The molecule has 0 spiro atoms. The first kappa shape index (κ1) is 20.0. The van der Waals surface area contributed by atoms with Crippen LogP contribution in [0.25, 0.3) is 16.8 Å². The van der Waals surface area contributed by atoms with Gasteiger partial charge in [-0.3, -0.25) is 4.98 Å². The van der Waals surface area contributed by atoms with Gasteiger partial charge in [0.25, 0.3) is 0 Å². The van der Waals surface area contributed by atoms with E-state index in [9.17, 15) is 4.79 Å². The first-order valence-electron chi connectivity index (χ1n) is 9.40. The molecule has 0 fully saturated rings. The van der Waals surface area contributed by atoms with E-state index in [-0.39, 0.29) is 5.69 Å². The van der Waals surface area contributed by atoms with Crippen LogP contribution < -0.4 is 15.2 Å². The van der Waals surface area contributed by atoms with Crippen molar-refractivity contribution in [1.82, 2.24) is 19.6 Å². The molecule has 4 rings (SSSR count). The van der Waals surface area contributed by atoms with Crippen molar-refractivity contribution in [3.8, 4) is 22.6 Å². The number of H-pyrrole nitrogens is 1. The van der Waals surface area contributed by atoms with Crippen molar-refractivity contribution in [3.63, 3.8) is 0 Å². The molecule has 0 bridgehead atoms. The number of hydrogen-bond acceptors (Lipinski definition) is 6. The molecule has 0 atom stereocenters. The molecule has 0 unspecified atom stereocenters. The van der Waals surface area contributed by atoms with Crippen molar-refractivity contribution < 1.29 is 9.47 Å². The molecule has 0 aliphatic rings. The van der Waals surface area contributed by atoms with E-state index in [0.29, 0.717) is 16.6 Å². The number of hydrogen-bond donors (Lipinski definition) is 1. The lowest BCUT2D eigenvalue weighted by Gasteiger charge is -2.08. The summed E-state index contributed by atoms with van der Waals surface area (Å²) in [6.45, 7) is 3.93. The third-order valence-corrected chi connectivity index (χ3v) is 5.72. The molecule has 30 heavy (non-hydrogen) atoms. The summed E-state index contributed by atoms with van der Waals surface area (Å²) in [6, 6.07) is 13.8. The molecular formula is C22H22N4O3S. The molecule has 8 heteroatoms. The number of thioether (sulfide) groups is 1. The van der Waals surface area contributed by atoms with Crippen LogP contribution in [0.5, 0.6) is 11.5 Å². The summed E-state index contributed by atoms with van der Waals surface area (Å²) in [5.41, 5.74) is 5.02. The van der Waals surface area contributed by atoms with Gasteiger partial charge in [-0.15, -0.1) is 0 Å².